The van der Waals surface area contributed by atoms with Gasteiger partial charge in [0, 0.05) is 18.2 Å². The molecule has 24 heavy (non-hydrogen) atoms. The standard InChI is InChI=1S/C18H23ClFN3O/c1-12-17(10-21-15-6-8-16(24)9-7-15)18(19)23(22-12)11-13-2-4-14(20)5-3-13/h2-5,15-16,21,24H,6-11H2,1H3. The van der Waals surface area contributed by atoms with Crippen LogP contribution in [0.25, 0.3) is 0 Å². The third-order valence-electron chi connectivity index (χ3n) is 4.69. The van der Waals surface area contributed by atoms with Crippen LogP contribution in [0.4, 0.5) is 4.39 Å². The monoisotopic (exact) mass is 351 g/mol. The molecule has 0 aliphatic heterocycles. The van der Waals surface area contributed by atoms with E-state index in [0.29, 0.717) is 24.3 Å². The number of aliphatic hydroxyl groups is 1. The molecule has 0 amide bonds. The Bertz CT molecular complexity index is 678. The second-order valence-electron chi connectivity index (χ2n) is 6.53. The zero-order valence-corrected chi connectivity index (χ0v) is 14.6. The highest BCUT2D eigenvalue weighted by Crippen LogP contribution is 2.23. The molecule has 1 aromatic carbocycles. The Morgan fingerprint density at radius 3 is 2.58 bits per heavy atom. The Kier molecular flexibility index (Phi) is 5.54. The van der Waals surface area contributed by atoms with Crippen LogP contribution in [0, 0.1) is 12.7 Å². The maximum absolute atomic E-state index is 13.0. The van der Waals surface area contributed by atoms with Crippen molar-refractivity contribution in [1.29, 1.82) is 0 Å². The quantitative estimate of drug-likeness (QED) is 0.867. The molecule has 1 heterocycles. The average molecular weight is 352 g/mol. The molecule has 1 fully saturated rings. The minimum absolute atomic E-state index is 0.146. The summed E-state index contributed by atoms with van der Waals surface area (Å²) in [4.78, 5) is 0. The van der Waals surface area contributed by atoms with Gasteiger partial charge in [0.2, 0.25) is 0 Å². The molecule has 4 nitrogen and oxygen atoms in total. The Morgan fingerprint density at radius 2 is 1.92 bits per heavy atom. The third kappa shape index (κ3) is 4.15. The van der Waals surface area contributed by atoms with E-state index >= 15 is 0 Å². The van der Waals surface area contributed by atoms with Crippen molar-refractivity contribution in [2.45, 2.75) is 57.8 Å². The van der Waals surface area contributed by atoms with Crippen LogP contribution in [0.15, 0.2) is 24.3 Å². The molecule has 0 spiro atoms. The van der Waals surface area contributed by atoms with Crippen molar-refractivity contribution >= 4 is 11.6 Å². The van der Waals surface area contributed by atoms with Gasteiger partial charge in [-0.1, -0.05) is 23.7 Å². The van der Waals surface area contributed by atoms with Gasteiger partial charge in [0.25, 0.3) is 0 Å². The number of nitrogens with zero attached hydrogens (tertiary/aromatic N) is 2. The first-order valence-corrected chi connectivity index (χ1v) is 8.78. The summed E-state index contributed by atoms with van der Waals surface area (Å²) in [6.45, 7) is 3.15. The van der Waals surface area contributed by atoms with Crippen molar-refractivity contribution in [3.05, 3.63) is 52.1 Å². The van der Waals surface area contributed by atoms with Crippen molar-refractivity contribution in [1.82, 2.24) is 15.1 Å². The van der Waals surface area contributed by atoms with Gasteiger partial charge < -0.3 is 10.4 Å². The van der Waals surface area contributed by atoms with Crippen molar-refractivity contribution in [3.63, 3.8) is 0 Å². The van der Waals surface area contributed by atoms with E-state index in [1.807, 2.05) is 6.92 Å². The van der Waals surface area contributed by atoms with Crippen molar-refractivity contribution in [3.8, 4) is 0 Å². The fraction of sp³-hybridized carbons (Fsp3) is 0.500. The van der Waals surface area contributed by atoms with Gasteiger partial charge in [-0.25, -0.2) is 9.07 Å². The van der Waals surface area contributed by atoms with Gasteiger partial charge in [0.05, 0.1) is 18.3 Å². The molecule has 0 unspecified atom stereocenters. The predicted octanol–water partition coefficient (Wildman–Crippen LogP) is 3.43. The van der Waals surface area contributed by atoms with E-state index in [1.165, 1.54) is 12.1 Å². The van der Waals surface area contributed by atoms with Crippen LogP contribution in [-0.2, 0) is 13.1 Å². The van der Waals surface area contributed by atoms with E-state index in [0.717, 1.165) is 42.5 Å². The summed E-state index contributed by atoms with van der Waals surface area (Å²) in [5.74, 6) is -0.246. The molecule has 2 aromatic rings. The summed E-state index contributed by atoms with van der Waals surface area (Å²) in [6.07, 6.45) is 3.54. The highest BCUT2D eigenvalue weighted by atomic mass is 35.5. The SMILES string of the molecule is Cc1nn(Cc2ccc(F)cc2)c(Cl)c1CNC1CCC(O)CC1. The first kappa shape index (κ1) is 17.4. The van der Waals surface area contributed by atoms with Crippen LogP contribution < -0.4 is 5.32 Å². The highest BCUT2D eigenvalue weighted by Gasteiger charge is 2.20. The summed E-state index contributed by atoms with van der Waals surface area (Å²) >= 11 is 6.50. The maximum atomic E-state index is 13.0. The second kappa shape index (κ2) is 7.64. The number of halogens is 2. The van der Waals surface area contributed by atoms with Gasteiger partial charge in [0.1, 0.15) is 11.0 Å². The molecule has 0 atom stereocenters. The Balaban J connectivity index is 1.64. The zero-order valence-electron chi connectivity index (χ0n) is 13.8. The number of aryl methyl sites for hydroxylation is 1. The lowest BCUT2D eigenvalue weighted by Crippen LogP contribution is -2.34. The van der Waals surface area contributed by atoms with Gasteiger partial charge >= 0.3 is 0 Å². The molecule has 0 radical (unpaired) electrons. The van der Waals surface area contributed by atoms with E-state index in [-0.39, 0.29) is 11.9 Å². The number of benzene rings is 1. The summed E-state index contributed by atoms with van der Waals surface area (Å²) < 4.78 is 14.8. The molecule has 6 heteroatoms. The van der Waals surface area contributed by atoms with Crippen LogP contribution in [0.5, 0.6) is 0 Å². The molecule has 1 saturated carbocycles. The molecular weight excluding hydrogens is 329 g/mol. The summed E-state index contributed by atoms with van der Waals surface area (Å²) in [5, 5.41) is 18.2. The fourth-order valence-corrected chi connectivity index (χ4v) is 3.49. The fourth-order valence-electron chi connectivity index (χ4n) is 3.19. The van der Waals surface area contributed by atoms with Crippen molar-refractivity contribution in [2.24, 2.45) is 0 Å². The second-order valence-corrected chi connectivity index (χ2v) is 6.88. The first-order chi connectivity index (χ1) is 11.5. The van der Waals surface area contributed by atoms with Crippen molar-refractivity contribution in [2.75, 3.05) is 0 Å². The molecule has 1 aliphatic carbocycles. The van der Waals surface area contributed by atoms with E-state index in [1.54, 1.807) is 16.8 Å². The van der Waals surface area contributed by atoms with E-state index < -0.39 is 0 Å². The van der Waals surface area contributed by atoms with Crippen LogP contribution in [0.3, 0.4) is 0 Å². The Labute approximate surface area is 146 Å². The van der Waals surface area contributed by atoms with Gasteiger partial charge in [-0.05, 0) is 50.3 Å². The first-order valence-electron chi connectivity index (χ1n) is 8.40. The number of nitrogens with one attached hydrogen (secondary N) is 1. The summed E-state index contributed by atoms with van der Waals surface area (Å²) in [5.41, 5.74) is 2.87. The lowest BCUT2D eigenvalue weighted by molar-refractivity contribution is 0.116. The zero-order chi connectivity index (χ0) is 17.1. The van der Waals surface area contributed by atoms with Crippen molar-refractivity contribution < 1.29 is 9.50 Å². The number of hydrogen-bond acceptors (Lipinski definition) is 3. The molecule has 0 bridgehead atoms. The minimum Gasteiger partial charge on any atom is -0.393 e. The lowest BCUT2D eigenvalue weighted by atomic mass is 9.93. The third-order valence-corrected chi connectivity index (χ3v) is 5.12. The molecule has 130 valence electrons. The Hall–Kier alpha value is -1.43. The molecule has 1 aliphatic rings. The number of aliphatic hydroxyl groups excluding tert-OH is 1. The van der Waals surface area contributed by atoms with E-state index in [2.05, 4.69) is 10.4 Å². The molecule has 0 saturated heterocycles. The lowest BCUT2D eigenvalue weighted by Gasteiger charge is -2.26. The van der Waals surface area contributed by atoms with Gasteiger partial charge in [-0.3, -0.25) is 0 Å². The van der Waals surface area contributed by atoms with Crippen LogP contribution in [-0.4, -0.2) is 27.0 Å². The molecular formula is C18H23ClFN3O. The van der Waals surface area contributed by atoms with Crippen LogP contribution >= 0.6 is 11.6 Å². The predicted molar refractivity (Wildman–Crippen MR) is 92.6 cm³/mol. The summed E-state index contributed by atoms with van der Waals surface area (Å²) in [7, 11) is 0. The topological polar surface area (TPSA) is 50.1 Å². The average Bonchev–Trinajstić information content (AvgIpc) is 2.83. The van der Waals surface area contributed by atoms with Crippen LogP contribution in [0.1, 0.15) is 42.5 Å². The molecule has 1 aromatic heterocycles. The van der Waals surface area contributed by atoms with Gasteiger partial charge in [0.15, 0.2) is 0 Å². The van der Waals surface area contributed by atoms with E-state index in [4.69, 9.17) is 11.6 Å². The van der Waals surface area contributed by atoms with Gasteiger partial charge in [-0.15, -0.1) is 0 Å². The number of hydrogen-bond donors (Lipinski definition) is 2. The largest absolute Gasteiger partial charge is 0.393 e. The van der Waals surface area contributed by atoms with Crippen LogP contribution in [0.2, 0.25) is 5.15 Å². The summed E-state index contributed by atoms with van der Waals surface area (Å²) in [6, 6.07) is 6.80. The minimum atomic E-state index is -0.246. The number of aromatic nitrogens is 2. The molecule has 3 rings (SSSR count). The molecule has 2 N–H and O–H groups in total. The smallest absolute Gasteiger partial charge is 0.132 e. The maximum Gasteiger partial charge on any atom is 0.132 e. The van der Waals surface area contributed by atoms with E-state index in [9.17, 15) is 9.50 Å². The Morgan fingerprint density at radius 1 is 1.25 bits per heavy atom. The highest BCUT2D eigenvalue weighted by molar-refractivity contribution is 6.30. The number of rotatable bonds is 5. The van der Waals surface area contributed by atoms with Gasteiger partial charge in [-0.2, -0.15) is 5.10 Å². The normalized spacial score (nSPS) is 21.2.